The van der Waals surface area contributed by atoms with Crippen molar-refractivity contribution < 1.29 is 9.13 Å². The van der Waals surface area contributed by atoms with Gasteiger partial charge in [-0.2, -0.15) is 0 Å². The summed E-state index contributed by atoms with van der Waals surface area (Å²) in [5.74, 6) is -0.167. The van der Waals surface area contributed by atoms with Crippen molar-refractivity contribution in [3.63, 3.8) is 0 Å². The van der Waals surface area contributed by atoms with Crippen LogP contribution in [0.5, 0.6) is 0 Å². The molecule has 1 rings (SSSR count). The van der Waals surface area contributed by atoms with Crippen LogP contribution in [0.15, 0.2) is 18.2 Å². The topological polar surface area (TPSA) is 21.3 Å². The first-order valence-corrected chi connectivity index (χ1v) is 5.97. The van der Waals surface area contributed by atoms with Gasteiger partial charge in [-0.1, -0.05) is 19.1 Å². The maximum atomic E-state index is 13.3. The number of ether oxygens (including phenoxy) is 1. The zero-order valence-corrected chi connectivity index (χ0v) is 11.3. The molecule has 0 aliphatic rings. The molecule has 1 atom stereocenters. The lowest BCUT2D eigenvalue weighted by molar-refractivity contribution is -0.0107. The summed E-state index contributed by atoms with van der Waals surface area (Å²) in [6, 6.07) is 5.26. The summed E-state index contributed by atoms with van der Waals surface area (Å²) < 4.78 is 18.8. The molecule has 0 aliphatic heterocycles. The predicted molar refractivity (Wildman–Crippen MR) is 68.6 cm³/mol. The van der Waals surface area contributed by atoms with E-state index in [1.54, 1.807) is 14.0 Å². The maximum Gasteiger partial charge on any atom is 0.126 e. The molecule has 0 bridgehead atoms. The highest BCUT2D eigenvalue weighted by Gasteiger charge is 2.30. The third kappa shape index (κ3) is 3.27. The molecule has 0 fully saturated rings. The lowest BCUT2D eigenvalue weighted by atomic mass is 9.90. The SMILES string of the molecule is CCNC(c1ccc(F)c(C)c1)C(C)(C)OC. The third-order valence-electron chi connectivity index (χ3n) is 3.14. The van der Waals surface area contributed by atoms with Crippen molar-refractivity contribution >= 4 is 0 Å². The summed E-state index contributed by atoms with van der Waals surface area (Å²) in [4.78, 5) is 0. The van der Waals surface area contributed by atoms with Gasteiger partial charge in [0, 0.05) is 7.11 Å². The van der Waals surface area contributed by atoms with Gasteiger partial charge in [0.25, 0.3) is 0 Å². The molecular formula is C14H22FNO. The van der Waals surface area contributed by atoms with Crippen LogP contribution in [0.1, 0.15) is 37.9 Å². The fourth-order valence-corrected chi connectivity index (χ4v) is 1.93. The molecule has 1 N–H and O–H groups in total. The molecule has 0 aromatic heterocycles. The van der Waals surface area contributed by atoms with Crippen molar-refractivity contribution in [3.05, 3.63) is 35.1 Å². The lowest BCUT2D eigenvalue weighted by Gasteiger charge is -2.34. The number of halogens is 1. The maximum absolute atomic E-state index is 13.3. The van der Waals surface area contributed by atoms with Crippen LogP contribution in [0.2, 0.25) is 0 Å². The first-order valence-electron chi connectivity index (χ1n) is 5.97. The Bertz CT molecular complexity index is 376. The van der Waals surface area contributed by atoms with Crippen LogP contribution in [0.3, 0.4) is 0 Å². The van der Waals surface area contributed by atoms with Crippen LogP contribution in [0, 0.1) is 12.7 Å². The highest BCUT2D eigenvalue weighted by Crippen LogP contribution is 2.29. The number of rotatable bonds is 5. The highest BCUT2D eigenvalue weighted by atomic mass is 19.1. The second kappa shape index (κ2) is 5.61. The molecule has 1 unspecified atom stereocenters. The number of methoxy groups -OCH3 is 1. The van der Waals surface area contributed by atoms with Gasteiger partial charge < -0.3 is 10.1 Å². The summed E-state index contributed by atoms with van der Waals surface area (Å²) in [6.45, 7) is 8.72. The van der Waals surface area contributed by atoms with Crippen LogP contribution < -0.4 is 5.32 Å². The fraction of sp³-hybridized carbons (Fsp3) is 0.571. The van der Waals surface area contributed by atoms with E-state index in [0.717, 1.165) is 12.1 Å². The van der Waals surface area contributed by atoms with E-state index in [1.165, 1.54) is 6.07 Å². The van der Waals surface area contributed by atoms with Gasteiger partial charge in [-0.3, -0.25) is 0 Å². The number of hydrogen-bond acceptors (Lipinski definition) is 2. The van der Waals surface area contributed by atoms with E-state index in [9.17, 15) is 4.39 Å². The van der Waals surface area contributed by atoms with Crippen LogP contribution in [-0.2, 0) is 4.74 Å². The number of hydrogen-bond donors (Lipinski definition) is 1. The minimum atomic E-state index is -0.333. The molecule has 0 spiro atoms. The molecular weight excluding hydrogens is 217 g/mol. The molecule has 0 saturated heterocycles. The van der Waals surface area contributed by atoms with Crippen molar-refractivity contribution in [2.75, 3.05) is 13.7 Å². The molecule has 0 saturated carbocycles. The Morgan fingerprint density at radius 1 is 1.41 bits per heavy atom. The quantitative estimate of drug-likeness (QED) is 0.852. The van der Waals surface area contributed by atoms with Crippen molar-refractivity contribution in [3.8, 4) is 0 Å². The standard InChI is InChI=1S/C14H22FNO/c1-6-16-13(14(3,4)17-5)11-7-8-12(15)10(2)9-11/h7-9,13,16H,6H2,1-5H3. The molecule has 0 aliphatic carbocycles. The summed E-state index contributed by atoms with van der Waals surface area (Å²) >= 11 is 0. The largest absolute Gasteiger partial charge is 0.377 e. The van der Waals surface area contributed by atoms with E-state index in [4.69, 9.17) is 4.74 Å². The van der Waals surface area contributed by atoms with Crippen LogP contribution >= 0.6 is 0 Å². The van der Waals surface area contributed by atoms with Crippen LogP contribution in [0.25, 0.3) is 0 Å². The van der Waals surface area contributed by atoms with E-state index in [0.29, 0.717) is 5.56 Å². The zero-order valence-electron chi connectivity index (χ0n) is 11.3. The van der Waals surface area contributed by atoms with Crippen LogP contribution in [0.4, 0.5) is 4.39 Å². The summed E-state index contributed by atoms with van der Waals surface area (Å²) in [7, 11) is 1.70. The van der Waals surface area contributed by atoms with E-state index in [1.807, 2.05) is 26.0 Å². The van der Waals surface area contributed by atoms with Gasteiger partial charge in [-0.15, -0.1) is 0 Å². The smallest absolute Gasteiger partial charge is 0.126 e. The average molecular weight is 239 g/mol. The molecule has 0 radical (unpaired) electrons. The number of aryl methyl sites for hydroxylation is 1. The first kappa shape index (κ1) is 14.1. The zero-order chi connectivity index (χ0) is 13.1. The molecule has 17 heavy (non-hydrogen) atoms. The Hall–Kier alpha value is -0.930. The van der Waals surface area contributed by atoms with Gasteiger partial charge in [-0.05, 0) is 44.5 Å². The van der Waals surface area contributed by atoms with Crippen molar-refractivity contribution in [1.29, 1.82) is 0 Å². The third-order valence-corrected chi connectivity index (χ3v) is 3.14. The average Bonchev–Trinajstić information content (AvgIpc) is 2.29. The Kier molecular flexibility index (Phi) is 4.66. The first-order chi connectivity index (χ1) is 7.92. The van der Waals surface area contributed by atoms with Gasteiger partial charge in [0.05, 0.1) is 11.6 Å². The molecule has 0 amide bonds. The van der Waals surface area contributed by atoms with E-state index >= 15 is 0 Å². The summed E-state index contributed by atoms with van der Waals surface area (Å²) in [5.41, 5.74) is 1.38. The second-order valence-electron chi connectivity index (χ2n) is 4.81. The van der Waals surface area contributed by atoms with Crippen LogP contribution in [-0.4, -0.2) is 19.3 Å². The van der Waals surface area contributed by atoms with Gasteiger partial charge in [0.2, 0.25) is 0 Å². The molecule has 0 heterocycles. The minimum absolute atomic E-state index is 0.0526. The van der Waals surface area contributed by atoms with E-state index in [-0.39, 0.29) is 17.5 Å². The number of nitrogens with one attached hydrogen (secondary N) is 1. The normalized spacial score (nSPS) is 13.8. The molecule has 3 heteroatoms. The number of likely N-dealkylation sites (N-methyl/N-ethyl adjacent to an activating group) is 1. The van der Waals surface area contributed by atoms with Crippen molar-refractivity contribution in [2.24, 2.45) is 0 Å². The minimum Gasteiger partial charge on any atom is -0.377 e. The predicted octanol–water partition coefficient (Wildman–Crippen LogP) is 3.21. The Morgan fingerprint density at radius 3 is 2.53 bits per heavy atom. The molecule has 2 nitrogen and oxygen atoms in total. The monoisotopic (exact) mass is 239 g/mol. The van der Waals surface area contributed by atoms with Gasteiger partial charge in [0.15, 0.2) is 0 Å². The Balaban J connectivity index is 3.09. The number of benzene rings is 1. The van der Waals surface area contributed by atoms with Gasteiger partial charge in [-0.25, -0.2) is 4.39 Å². The Labute approximate surface area is 103 Å². The van der Waals surface area contributed by atoms with Gasteiger partial charge >= 0.3 is 0 Å². The van der Waals surface area contributed by atoms with Crippen molar-refractivity contribution in [2.45, 2.75) is 39.3 Å². The van der Waals surface area contributed by atoms with Crippen molar-refractivity contribution in [1.82, 2.24) is 5.32 Å². The lowest BCUT2D eigenvalue weighted by Crippen LogP contribution is -2.40. The Morgan fingerprint density at radius 2 is 2.06 bits per heavy atom. The summed E-state index contributed by atoms with van der Waals surface area (Å²) in [6.07, 6.45) is 0. The highest BCUT2D eigenvalue weighted by molar-refractivity contribution is 5.28. The summed E-state index contributed by atoms with van der Waals surface area (Å²) in [5, 5.41) is 3.39. The van der Waals surface area contributed by atoms with Gasteiger partial charge in [0.1, 0.15) is 5.82 Å². The second-order valence-corrected chi connectivity index (χ2v) is 4.81. The molecule has 1 aromatic carbocycles. The fourth-order valence-electron chi connectivity index (χ4n) is 1.93. The molecule has 1 aromatic rings. The molecule has 96 valence electrons. The van der Waals surface area contributed by atoms with E-state index < -0.39 is 0 Å². The van der Waals surface area contributed by atoms with E-state index in [2.05, 4.69) is 12.2 Å².